The first-order valence-electron chi connectivity index (χ1n) is 8.57. The molecule has 1 aromatic carbocycles. The molecule has 0 aliphatic rings. The summed E-state index contributed by atoms with van der Waals surface area (Å²) in [5, 5.41) is 7.06. The number of Topliss-reactive ketones (excluding diaryl/α,β-unsaturated/α-hetero) is 1. The molecule has 3 nitrogen and oxygen atoms in total. The highest BCUT2D eigenvalue weighted by molar-refractivity contribution is 7.12. The van der Waals surface area contributed by atoms with Gasteiger partial charge in [0.25, 0.3) is 0 Å². The zero-order valence-corrected chi connectivity index (χ0v) is 16.2. The minimum atomic E-state index is -0.0800. The molecule has 1 unspecified atom stereocenters. The summed E-state index contributed by atoms with van der Waals surface area (Å²) in [5.74, 6) is -0.0503. The Morgan fingerprint density at radius 3 is 2.42 bits per heavy atom. The number of hydrogen-bond acceptors (Lipinski definition) is 4. The van der Waals surface area contributed by atoms with Gasteiger partial charge < -0.3 is 5.32 Å². The molecule has 0 fully saturated rings. The molecule has 1 N–H and O–H groups in total. The quantitative estimate of drug-likeness (QED) is 0.545. The fourth-order valence-corrected chi connectivity index (χ4v) is 4.53. The number of hydrogen-bond donors (Lipinski definition) is 1. The van der Waals surface area contributed by atoms with Crippen LogP contribution in [0.15, 0.2) is 59.3 Å². The maximum absolute atomic E-state index is 12.5. The first kappa shape index (κ1) is 18.5. The van der Waals surface area contributed by atoms with E-state index < -0.39 is 0 Å². The van der Waals surface area contributed by atoms with Gasteiger partial charge in [-0.25, -0.2) is 0 Å². The molecule has 2 aromatic heterocycles. The van der Waals surface area contributed by atoms with Crippen LogP contribution >= 0.6 is 22.7 Å². The molecule has 2 heterocycles. The minimum absolute atomic E-state index is 0.0297. The van der Waals surface area contributed by atoms with Crippen molar-refractivity contribution in [1.29, 1.82) is 0 Å². The smallest absolute Gasteiger partial charge is 0.220 e. The Balaban J connectivity index is 1.64. The maximum Gasteiger partial charge on any atom is 0.220 e. The molecule has 0 aliphatic heterocycles. The van der Waals surface area contributed by atoms with E-state index in [0.29, 0.717) is 4.88 Å². The lowest BCUT2D eigenvalue weighted by Crippen LogP contribution is -2.30. The molecule has 0 radical (unpaired) electrons. The molecule has 5 heteroatoms. The monoisotopic (exact) mass is 383 g/mol. The molecule has 0 bridgehead atoms. The van der Waals surface area contributed by atoms with Crippen molar-refractivity contribution in [3.63, 3.8) is 0 Å². The number of carbonyl (C=O) groups is 2. The van der Waals surface area contributed by atoms with E-state index in [9.17, 15) is 9.59 Å². The SMILES string of the molecule is Cc1ccsc1C(Cc1ccccc1)NC(=O)CCC(=O)c1cccs1. The molecule has 0 aliphatic carbocycles. The van der Waals surface area contributed by atoms with Crippen LogP contribution in [-0.2, 0) is 11.2 Å². The van der Waals surface area contributed by atoms with Crippen LogP contribution in [0.1, 0.15) is 44.6 Å². The molecule has 26 heavy (non-hydrogen) atoms. The first-order valence-corrected chi connectivity index (χ1v) is 10.3. The number of thiophene rings is 2. The number of amides is 1. The zero-order chi connectivity index (χ0) is 18.4. The normalized spacial score (nSPS) is 11.9. The third-order valence-corrected chi connectivity index (χ3v) is 6.25. The number of carbonyl (C=O) groups excluding carboxylic acids is 2. The molecule has 0 saturated heterocycles. The van der Waals surface area contributed by atoms with Crippen LogP contribution in [0.25, 0.3) is 0 Å². The van der Waals surface area contributed by atoms with Gasteiger partial charge in [-0.2, -0.15) is 0 Å². The van der Waals surface area contributed by atoms with Crippen LogP contribution in [0, 0.1) is 6.92 Å². The summed E-state index contributed by atoms with van der Waals surface area (Å²) >= 11 is 3.08. The molecule has 1 amide bonds. The van der Waals surface area contributed by atoms with Crippen LogP contribution in [0.5, 0.6) is 0 Å². The van der Waals surface area contributed by atoms with Crippen LogP contribution < -0.4 is 5.32 Å². The van der Waals surface area contributed by atoms with Crippen molar-refractivity contribution in [3.05, 3.63) is 80.2 Å². The van der Waals surface area contributed by atoms with Crippen LogP contribution in [0.3, 0.4) is 0 Å². The van der Waals surface area contributed by atoms with Crippen molar-refractivity contribution in [1.82, 2.24) is 5.32 Å². The van der Waals surface area contributed by atoms with E-state index in [-0.39, 0.29) is 30.6 Å². The number of benzene rings is 1. The van der Waals surface area contributed by atoms with Gasteiger partial charge in [-0.15, -0.1) is 22.7 Å². The number of rotatable bonds is 8. The summed E-state index contributed by atoms with van der Waals surface area (Å²) in [5.41, 5.74) is 2.37. The third-order valence-electron chi connectivity index (χ3n) is 4.21. The predicted octanol–water partition coefficient (Wildman–Crippen LogP) is 5.18. The lowest BCUT2D eigenvalue weighted by molar-refractivity contribution is -0.121. The van der Waals surface area contributed by atoms with Gasteiger partial charge in [0.05, 0.1) is 10.9 Å². The summed E-state index contributed by atoms with van der Waals surface area (Å²) in [6, 6.07) is 15.8. The second-order valence-electron chi connectivity index (χ2n) is 6.18. The number of nitrogens with one attached hydrogen (secondary N) is 1. The lowest BCUT2D eigenvalue weighted by Gasteiger charge is -2.19. The second-order valence-corrected chi connectivity index (χ2v) is 8.07. The van der Waals surface area contributed by atoms with E-state index in [4.69, 9.17) is 0 Å². The standard InChI is InChI=1S/C21H21NO2S2/c1-15-11-13-26-21(15)17(14-16-6-3-2-4-7-16)22-20(24)10-9-18(23)19-8-5-12-25-19/h2-8,11-13,17H,9-10,14H2,1H3,(H,22,24). The van der Waals surface area contributed by atoms with Crippen molar-refractivity contribution in [2.45, 2.75) is 32.2 Å². The van der Waals surface area contributed by atoms with Crippen molar-refractivity contribution in [2.24, 2.45) is 0 Å². The van der Waals surface area contributed by atoms with Crippen LogP contribution in [0.4, 0.5) is 0 Å². The van der Waals surface area contributed by atoms with Crippen LogP contribution in [-0.4, -0.2) is 11.7 Å². The minimum Gasteiger partial charge on any atom is -0.348 e. The first-order chi connectivity index (χ1) is 12.6. The number of aryl methyl sites for hydroxylation is 1. The largest absolute Gasteiger partial charge is 0.348 e. The molecule has 0 saturated carbocycles. The number of ketones is 1. The Kier molecular flexibility index (Phi) is 6.36. The topological polar surface area (TPSA) is 46.2 Å². The predicted molar refractivity (Wildman–Crippen MR) is 108 cm³/mol. The summed E-state index contributed by atoms with van der Waals surface area (Å²) in [6.45, 7) is 2.07. The Bertz CT molecular complexity index is 853. The maximum atomic E-state index is 12.5. The Hall–Kier alpha value is -2.24. The highest BCUT2D eigenvalue weighted by Gasteiger charge is 2.19. The zero-order valence-electron chi connectivity index (χ0n) is 14.6. The summed E-state index contributed by atoms with van der Waals surface area (Å²) < 4.78 is 0. The van der Waals surface area contributed by atoms with Gasteiger partial charge in [-0.1, -0.05) is 36.4 Å². The summed E-state index contributed by atoms with van der Waals surface area (Å²) in [6.07, 6.45) is 1.20. The molecule has 0 spiro atoms. The fourth-order valence-electron chi connectivity index (χ4n) is 2.85. The van der Waals surface area contributed by atoms with Crippen molar-refractivity contribution >= 4 is 34.4 Å². The van der Waals surface area contributed by atoms with E-state index in [1.54, 1.807) is 17.4 Å². The van der Waals surface area contributed by atoms with E-state index in [1.807, 2.05) is 29.6 Å². The van der Waals surface area contributed by atoms with Crippen molar-refractivity contribution < 1.29 is 9.59 Å². The second kappa shape index (κ2) is 8.92. The van der Waals surface area contributed by atoms with Crippen molar-refractivity contribution in [2.75, 3.05) is 0 Å². The van der Waals surface area contributed by atoms with E-state index in [2.05, 4.69) is 35.8 Å². The van der Waals surface area contributed by atoms with Gasteiger partial charge in [0.2, 0.25) is 5.91 Å². The highest BCUT2D eigenvalue weighted by atomic mass is 32.1. The Labute approximate surface area is 161 Å². The summed E-state index contributed by atoms with van der Waals surface area (Å²) in [7, 11) is 0. The molecular formula is C21H21NO2S2. The van der Waals surface area contributed by atoms with E-state index >= 15 is 0 Å². The molecule has 1 atom stereocenters. The Morgan fingerprint density at radius 1 is 0.962 bits per heavy atom. The average molecular weight is 384 g/mol. The van der Waals surface area contributed by atoms with E-state index in [0.717, 1.165) is 6.42 Å². The summed E-state index contributed by atoms with van der Waals surface area (Å²) in [4.78, 5) is 26.5. The van der Waals surface area contributed by atoms with E-state index in [1.165, 1.54) is 27.3 Å². The van der Waals surface area contributed by atoms with Gasteiger partial charge in [0.1, 0.15) is 0 Å². The molecule has 3 rings (SSSR count). The molecular weight excluding hydrogens is 362 g/mol. The third kappa shape index (κ3) is 4.90. The van der Waals surface area contributed by atoms with Gasteiger partial charge in [-0.05, 0) is 47.4 Å². The van der Waals surface area contributed by atoms with Crippen molar-refractivity contribution in [3.8, 4) is 0 Å². The lowest BCUT2D eigenvalue weighted by atomic mass is 10.0. The van der Waals surface area contributed by atoms with Gasteiger partial charge in [0.15, 0.2) is 5.78 Å². The molecule has 3 aromatic rings. The van der Waals surface area contributed by atoms with Gasteiger partial charge in [0, 0.05) is 17.7 Å². The Morgan fingerprint density at radius 2 is 1.77 bits per heavy atom. The average Bonchev–Trinajstić information content (AvgIpc) is 3.32. The van der Waals surface area contributed by atoms with Gasteiger partial charge >= 0.3 is 0 Å². The van der Waals surface area contributed by atoms with Gasteiger partial charge in [-0.3, -0.25) is 9.59 Å². The molecule has 134 valence electrons. The van der Waals surface area contributed by atoms with Crippen LogP contribution in [0.2, 0.25) is 0 Å². The highest BCUT2D eigenvalue weighted by Crippen LogP contribution is 2.27. The fraction of sp³-hybridized carbons (Fsp3) is 0.238.